The Morgan fingerprint density at radius 2 is 0.548 bits per heavy atom. The molecule has 0 aliphatic carbocycles. The maximum absolute atomic E-state index is 2.38. The van der Waals surface area contributed by atoms with E-state index in [1.54, 1.807) is 0 Å². The predicted octanol–water partition coefficient (Wildman–Crippen LogP) is 8.10. The molecule has 0 aliphatic heterocycles. The molecule has 0 aromatic heterocycles. The van der Waals surface area contributed by atoms with Gasteiger partial charge >= 0.3 is 0 Å². The second-order valence-corrected chi connectivity index (χ2v) is 15.0. The van der Waals surface area contributed by atoms with E-state index >= 15 is 0 Å². The zero-order valence-electron chi connectivity index (χ0n) is 23.1. The van der Waals surface area contributed by atoms with Crippen molar-refractivity contribution in [2.24, 2.45) is 0 Å². The van der Waals surface area contributed by atoms with E-state index < -0.39 is 15.8 Å². The van der Waals surface area contributed by atoms with Gasteiger partial charge in [-0.05, 0) is 80.0 Å². The summed E-state index contributed by atoms with van der Waals surface area (Å²) in [5.41, 5.74) is 0. The highest BCUT2D eigenvalue weighted by molar-refractivity contribution is 7.80. The molecule has 0 nitrogen and oxygen atoms in total. The van der Waals surface area contributed by atoms with Crippen LogP contribution >= 0.6 is 15.8 Å². The molecule has 8 rings (SSSR count). The van der Waals surface area contributed by atoms with E-state index in [9.17, 15) is 0 Å². The summed E-state index contributed by atoms with van der Waals surface area (Å²) < 4.78 is 0. The number of rotatable bonds is 6. The Morgan fingerprint density at radius 3 is 0.857 bits per heavy atom. The van der Waals surface area contributed by atoms with E-state index in [-0.39, 0.29) is 0 Å². The molecule has 198 valence electrons. The molecule has 0 radical (unpaired) electrons. The van der Waals surface area contributed by atoms with Crippen molar-refractivity contribution in [3.05, 3.63) is 170 Å². The van der Waals surface area contributed by atoms with Crippen LogP contribution in [0.15, 0.2) is 170 Å². The summed E-state index contributed by atoms with van der Waals surface area (Å²) in [7, 11) is -1.42. The Bertz CT molecular complexity index is 1890. The van der Waals surface area contributed by atoms with E-state index in [2.05, 4.69) is 170 Å². The topological polar surface area (TPSA) is 0 Å². The van der Waals surface area contributed by atoms with Crippen LogP contribution in [-0.4, -0.2) is 0 Å². The molecule has 8 aromatic carbocycles. The Balaban J connectivity index is 1.42. The molecule has 0 atom stereocenters. The molecule has 0 fully saturated rings. The maximum Gasteiger partial charge on any atom is -0.00199 e. The number of hydrogen-bond donors (Lipinski definition) is 0. The summed E-state index contributed by atoms with van der Waals surface area (Å²) in [6.45, 7) is 0. The summed E-state index contributed by atoms with van der Waals surface area (Å²) in [6.07, 6.45) is 0. The van der Waals surface area contributed by atoms with Gasteiger partial charge in [-0.2, -0.15) is 0 Å². The van der Waals surface area contributed by atoms with Crippen molar-refractivity contribution < 1.29 is 0 Å². The Morgan fingerprint density at radius 1 is 0.262 bits per heavy atom. The van der Waals surface area contributed by atoms with Gasteiger partial charge in [-0.25, -0.2) is 0 Å². The van der Waals surface area contributed by atoms with Crippen molar-refractivity contribution in [3.8, 4) is 0 Å². The van der Waals surface area contributed by atoms with Gasteiger partial charge in [0.15, 0.2) is 0 Å². The Hall–Kier alpha value is -4.34. The lowest BCUT2D eigenvalue weighted by molar-refractivity contribution is 1.75. The lowest BCUT2D eigenvalue weighted by atomic mass is 9.94. The van der Waals surface area contributed by atoms with Gasteiger partial charge in [0.25, 0.3) is 0 Å². The van der Waals surface area contributed by atoms with Gasteiger partial charge in [-0.15, -0.1) is 0 Å². The van der Waals surface area contributed by atoms with Crippen LogP contribution in [0.1, 0.15) is 0 Å². The molecule has 0 unspecified atom stereocenters. The molecule has 0 bridgehead atoms. The molecule has 2 heteroatoms. The van der Waals surface area contributed by atoms with Crippen LogP contribution in [0.2, 0.25) is 0 Å². The fraction of sp³-hybridized carbons (Fsp3) is 0. The summed E-state index contributed by atoms with van der Waals surface area (Å²) in [4.78, 5) is 0. The zero-order chi connectivity index (χ0) is 27.9. The van der Waals surface area contributed by atoms with Crippen molar-refractivity contribution in [2.75, 3.05) is 0 Å². The van der Waals surface area contributed by atoms with E-state index in [0.29, 0.717) is 0 Å². The normalized spacial score (nSPS) is 11.8. The fourth-order valence-electron chi connectivity index (χ4n) is 6.32. The second-order valence-electron chi connectivity index (χ2n) is 10.6. The van der Waals surface area contributed by atoms with E-state index in [1.165, 1.54) is 64.1 Å². The molecule has 0 saturated heterocycles. The highest BCUT2D eigenvalue weighted by Gasteiger charge is 2.23. The van der Waals surface area contributed by atoms with Gasteiger partial charge < -0.3 is 0 Å². The second kappa shape index (κ2) is 10.8. The van der Waals surface area contributed by atoms with Crippen LogP contribution in [0, 0.1) is 0 Å². The lowest BCUT2D eigenvalue weighted by Crippen LogP contribution is -2.22. The molecule has 0 saturated carbocycles. The van der Waals surface area contributed by atoms with E-state index in [4.69, 9.17) is 0 Å². The lowest BCUT2D eigenvalue weighted by Gasteiger charge is -2.25. The predicted molar refractivity (Wildman–Crippen MR) is 188 cm³/mol. The highest BCUT2D eigenvalue weighted by atomic mass is 31.1. The molecule has 0 heterocycles. The third kappa shape index (κ3) is 4.31. The van der Waals surface area contributed by atoms with Crippen LogP contribution in [0.4, 0.5) is 0 Å². The smallest absolute Gasteiger partial charge is 0.00199 e. The first kappa shape index (κ1) is 25.4. The van der Waals surface area contributed by atoms with Crippen molar-refractivity contribution in [2.45, 2.75) is 0 Å². The molecule has 0 N–H and O–H groups in total. The van der Waals surface area contributed by atoms with Gasteiger partial charge in [0, 0.05) is 0 Å². The minimum atomic E-state index is -0.712. The highest BCUT2D eigenvalue weighted by Crippen LogP contribution is 2.43. The minimum Gasteiger partial charge on any atom is -0.0622 e. The summed E-state index contributed by atoms with van der Waals surface area (Å²) in [5, 5.41) is 16.5. The molecule has 0 amide bonds. The average molecular weight is 571 g/mol. The first-order chi connectivity index (χ1) is 20.9. The number of hydrogen-bond acceptors (Lipinski definition) is 0. The van der Waals surface area contributed by atoms with Crippen molar-refractivity contribution in [3.63, 3.8) is 0 Å². The monoisotopic (exact) mass is 570 g/mol. The SMILES string of the molecule is c1ccc(P(c2ccccc2)c2ccc3ccc4c(P(c5ccccc5)c5ccccc5)ccc5ccc2c3c54)cc1. The molecule has 8 aromatic rings. The summed E-state index contributed by atoms with van der Waals surface area (Å²) >= 11 is 0. The van der Waals surface area contributed by atoms with E-state index in [1.807, 2.05) is 0 Å². The van der Waals surface area contributed by atoms with Crippen LogP contribution in [0.5, 0.6) is 0 Å². The number of benzene rings is 8. The Kier molecular flexibility index (Phi) is 6.53. The maximum atomic E-state index is 2.38. The zero-order valence-corrected chi connectivity index (χ0v) is 24.8. The van der Waals surface area contributed by atoms with Gasteiger partial charge in [0.05, 0.1) is 0 Å². The summed E-state index contributed by atoms with van der Waals surface area (Å²) in [6, 6.07) is 63.1. The minimum absolute atomic E-state index is 0.712. The summed E-state index contributed by atoms with van der Waals surface area (Å²) in [5.74, 6) is 0. The fourth-order valence-corrected chi connectivity index (χ4v) is 11.2. The first-order valence-corrected chi connectivity index (χ1v) is 17.1. The van der Waals surface area contributed by atoms with E-state index in [0.717, 1.165) is 0 Å². The average Bonchev–Trinajstić information content (AvgIpc) is 3.07. The Labute approximate surface area is 249 Å². The quantitative estimate of drug-likeness (QED) is 0.140. The molecular weight excluding hydrogens is 542 g/mol. The van der Waals surface area contributed by atoms with Gasteiger partial charge in [0.2, 0.25) is 0 Å². The molecule has 42 heavy (non-hydrogen) atoms. The van der Waals surface area contributed by atoms with Crippen molar-refractivity contribution in [1.82, 2.24) is 0 Å². The van der Waals surface area contributed by atoms with Crippen molar-refractivity contribution in [1.29, 1.82) is 0 Å². The van der Waals surface area contributed by atoms with Crippen LogP contribution in [0.25, 0.3) is 32.3 Å². The molecular formula is C40H28P2. The van der Waals surface area contributed by atoms with Gasteiger partial charge in [-0.1, -0.05) is 170 Å². The van der Waals surface area contributed by atoms with Gasteiger partial charge in [-0.3, -0.25) is 0 Å². The van der Waals surface area contributed by atoms with Crippen LogP contribution < -0.4 is 31.8 Å². The molecule has 0 aliphatic rings. The van der Waals surface area contributed by atoms with Crippen molar-refractivity contribution >= 4 is 80.0 Å². The standard InChI is InChI=1S/C40H28P2/c1-5-13-31(14-6-1)41(32-15-7-2-8-16-32)37-27-23-29-22-26-36-38(28-24-30-21-25-35(37)39(29)40(30)36)42(33-17-9-3-10-18-33)34-19-11-4-12-20-34/h1-28H. The third-order valence-electron chi connectivity index (χ3n) is 8.16. The molecule has 0 spiro atoms. The largest absolute Gasteiger partial charge is 0.0622 e. The van der Waals surface area contributed by atoms with Crippen LogP contribution in [0.3, 0.4) is 0 Å². The first-order valence-electron chi connectivity index (χ1n) is 14.4. The van der Waals surface area contributed by atoms with Gasteiger partial charge in [0.1, 0.15) is 0 Å². The third-order valence-corrected chi connectivity index (χ3v) is 13.2. The van der Waals surface area contributed by atoms with Crippen LogP contribution in [-0.2, 0) is 0 Å².